The number of ether oxygens (including phenoxy) is 1. The van der Waals surface area contributed by atoms with Gasteiger partial charge in [-0.05, 0) is 36.6 Å². The Balaban J connectivity index is 1.45. The number of aromatic nitrogens is 5. The molecular formula is C23H24ClN5O2S. The molecule has 0 aliphatic carbocycles. The van der Waals surface area contributed by atoms with Crippen LogP contribution in [0.1, 0.15) is 32.0 Å². The molecule has 0 N–H and O–H groups in total. The van der Waals surface area contributed by atoms with Gasteiger partial charge in [-0.15, -0.1) is 20.4 Å². The third kappa shape index (κ3) is 5.69. The summed E-state index contributed by atoms with van der Waals surface area (Å²) in [5.41, 5.74) is 0.721. The average Bonchev–Trinajstić information content (AvgIpc) is 3.42. The van der Waals surface area contributed by atoms with Gasteiger partial charge in [-0.3, -0.25) is 0 Å². The van der Waals surface area contributed by atoms with E-state index in [9.17, 15) is 0 Å². The van der Waals surface area contributed by atoms with E-state index < -0.39 is 0 Å². The predicted molar refractivity (Wildman–Crippen MR) is 125 cm³/mol. The van der Waals surface area contributed by atoms with Gasteiger partial charge in [0.15, 0.2) is 11.0 Å². The molecule has 0 saturated carbocycles. The maximum Gasteiger partial charge on any atom is 0.249 e. The molecule has 0 unspecified atom stereocenters. The minimum atomic E-state index is 0.354. The van der Waals surface area contributed by atoms with E-state index in [1.807, 2.05) is 48.5 Å². The largest absolute Gasteiger partial charge is 0.486 e. The first-order chi connectivity index (χ1) is 15.6. The van der Waals surface area contributed by atoms with Crippen molar-refractivity contribution in [3.8, 4) is 17.2 Å². The highest BCUT2D eigenvalue weighted by Crippen LogP contribution is 2.28. The molecule has 7 nitrogen and oxygen atoms in total. The summed E-state index contributed by atoms with van der Waals surface area (Å²) < 4.78 is 13.8. The van der Waals surface area contributed by atoms with Crippen molar-refractivity contribution in [1.29, 1.82) is 0 Å². The molecule has 4 aromatic rings. The summed E-state index contributed by atoms with van der Waals surface area (Å²) >= 11 is 7.74. The second-order valence-electron chi connectivity index (χ2n) is 7.60. The highest BCUT2D eigenvalue weighted by molar-refractivity contribution is 7.98. The zero-order valence-corrected chi connectivity index (χ0v) is 19.5. The number of para-hydroxylation sites is 1. The summed E-state index contributed by atoms with van der Waals surface area (Å²) in [6.07, 6.45) is 1.02. The summed E-state index contributed by atoms with van der Waals surface area (Å²) in [7, 11) is 0. The Kier molecular flexibility index (Phi) is 7.44. The molecule has 32 heavy (non-hydrogen) atoms. The van der Waals surface area contributed by atoms with Gasteiger partial charge in [-0.1, -0.05) is 67.5 Å². The number of hydrogen-bond donors (Lipinski definition) is 0. The maximum atomic E-state index is 6.23. The van der Waals surface area contributed by atoms with Crippen LogP contribution in [0.5, 0.6) is 5.75 Å². The molecule has 0 spiro atoms. The fourth-order valence-electron chi connectivity index (χ4n) is 2.99. The molecule has 0 fully saturated rings. The van der Waals surface area contributed by atoms with E-state index in [4.69, 9.17) is 20.8 Å². The second-order valence-corrected chi connectivity index (χ2v) is 8.95. The molecular weight excluding hydrogens is 446 g/mol. The molecule has 166 valence electrons. The van der Waals surface area contributed by atoms with E-state index in [0.717, 1.165) is 35.3 Å². The van der Waals surface area contributed by atoms with E-state index >= 15 is 0 Å². The van der Waals surface area contributed by atoms with E-state index in [0.29, 0.717) is 35.1 Å². The Morgan fingerprint density at radius 2 is 1.78 bits per heavy atom. The summed E-state index contributed by atoms with van der Waals surface area (Å²) in [5, 5.41) is 18.4. The fourth-order valence-corrected chi connectivity index (χ4v) is 4.03. The normalized spacial score (nSPS) is 11.2. The van der Waals surface area contributed by atoms with Crippen molar-refractivity contribution >= 4 is 23.4 Å². The Bertz CT molecular complexity index is 1150. The maximum absolute atomic E-state index is 6.23. The number of thioether (sulfide) groups is 1. The number of rotatable bonds is 10. The van der Waals surface area contributed by atoms with Crippen LogP contribution in [-0.4, -0.2) is 25.0 Å². The number of halogens is 1. The molecule has 2 aromatic carbocycles. The summed E-state index contributed by atoms with van der Waals surface area (Å²) in [5.74, 6) is 3.55. The molecule has 9 heteroatoms. The molecule has 0 atom stereocenters. The molecule has 2 aromatic heterocycles. The van der Waals surface area contributed by atoms with Crippen LogP contribution in [0.3, 0.4) is 0 Å². The Morgan fingerprint density at radius 1 is 1.00 bits per heavy atom. The molecule has 0 radical (unpaired) electrons. The molecule has 0 amide bonds. The zero-order chi connectivity index (χ0) is 22.3. The van der Waals surface area contributed by atoms with Crippen molar-refractivity contribution in [3.05, 3.63) is 71.3 Å². The number of hydrogen-bond acceptors (Lipinski definition) is 7. The molecule has 0 saturated heterocycles. The lowest BCUT2D eigenvalue weighted by Crippen LogP contribution is -2.10. The fraction of sp³-hybridized carbons (Fsp3) is 0.304. The summed E-state index contributed by atoms with van der Waals surface area (Å²) in [6.45, 7) is 5.57. The Morgan fingerprint density at radius 3 is 2.56 bits per heavy atom. The predicted octanol–water partition coefficient (Wildman–Crippen LogP) is 5.90. The molecule has 2 heterocycles. The highest BCUT2D eigenvalue weighted by Gasteiger charge is 2.17. The SMILES string of the molecule is CC(C)CCn1c(COc2ccccc2)nnc1SCc1nnc(-c2ccccc2Cl)o1. The van der Waals surface area contributed by atoms with Gasteiger partial charge in [0.2, 0.25) is 11.8 Å². The lowest BCUT2D eigenvalue weighted by Gasteiger charge is -2.12. The van der Waals surface area contributed by atoms with Crippen LogP contribution in [0.4, 0.5) is 0 Å². The van der Waals surface area contributed by atoms with Crippen molar-refractivity contribution < 1.29 is 9.15 Å². The molecule has 0 aliphatic heterocycles. The Labute approximate surface area is 196 Å². The van der Waals surface area contributed by atoms with Gasteiger partial charge in [-0.25, -0.2) is 0 Å². The topological polar surface area (TPSA) is 78.9 Å². The van der Waals surface area contributed by atoms with Crippen LogP contribution in [0, 0.1) is 5.92 Å². The smallest absolute Gasteiger partial charge is 0.249 e. The monoisotopic (exact) mass is 469 g/mol. The second kappa shape index (κ2) is 10.7. The van der Waals surface area contributed by atoms with Crippen molar-refractivity contribution in [1.82, 2.24) is 25.0 Å². The standard InChI is InChI=1S/C23H24ClN5O2S/c1-16(2)12-13-29-20(14-30-17-8-4-3-5-9-17)25-28-23(29)32-15-21-26-27-22(31-21)18-10-6-7-11-19(18)24/h3-11,16H,12-15H2,1-2H3. The first-order valence-electron chi connectivity index (χ1n) is 10.4. The molecule has 0 bridgehead atoms. The van der Waals surface area contributed by atoms with Crippen LogP contribution >= 0.6 is 23.4 Å². The van der Waals surface area contributed by atoms with Crippen molar-refractivity contribution in [2.45, 2.75) is 44.3 Å². The van der Waals surface area contributed by atoms with Crippen molar-refractivity contribution in [2.24, 2.45) is 5.92 Å². The molecule has 0 aliphatic rings. The lowest BCUT2D eigenvalue weighted by atomic mass is 10.1. The van der Waals surface area contributed by atoms with Gasteiger partial charge < -0.3 is 13.7 Å². The molecule has 4 rings (SSSR count). The third-order valence-electron chi connectivity index (χ3n) is 4.73. The van der Waals surface area contributed by atoms with Gasteiger partial charge in [-0.2, -0.15) is 0 Å². The quantitative estimate of drug-likeness (QED) is 0.267. The van der Waals surface area contributed by atoms with Gasteiger partial charge in [0.05, 0.1) is 16.3 Å². The highest BCUT2D eigenvalue weighted by atomic mass is 35.5. The van der Waals surface area contributed by atoms with Crippen LogP contribution < -0.4 is 4.74 Å². The van der Waals surface area contributed by atoms with Gasteiger partial charge in [0.1, 0.15) is 12.4 Å². The minimum absolute atomic E-state index is 0.354. The van der Waals surface area contributed by atoms with Crippen LogP contribution in [0.2, 0.25) is 5.02 Å². The van der Waals surface area contributed by atoms with Crippen molar-refractivity contribution in [3.63, 3.8) is 0 Å². The average molecular weight is 470 g/mol. The van der Waals surface area contributed by atoms with E-state index in [1.165, 1.54) is 11.8 Å². The number of benzene rings is 2. The van der Waals surface area contributed by atoms with E-state index in [2.05, 4.69) is 38.8 Å². The summed E-state index contributed by atoms with van der Waals surface area (Å²) in [4.78, 5) is 0. The summed E-state index contributed by atoms with van der Waals surface area (Å²) in [6, 6.07) is 17.1. The zero-order valence-electron chi connectivity index (χ0n) is 17.9. The van der Waals surface area contributed by atoms with Crippen LogP contribution in [0.15, 0.2) is 64.2 Å². The van der Waals surface area contributed by atoms with Crippen LogP contribution in [0.25, 0.3) is 11.5 Å². The Hall–Kier alpha value is -2.84. The first kappa shape index (κ1) is 22.4. The number of nitrogens with zero attached hydrogens (tertiary/aromatic N) is 5. The van der Waals surface area contributed by atoms with Gasteiger partial charge in [0, 0.05) is 6.54 Å². The van der Waals surface area contributed by atoms with E-state index in [-0.39, 0.29) is 0 Å². The van der Waals surface area contributed by atoms with Gasteiger partial charge in [0.25, 0.3) is 0 Å². The third-order valence-corrected chi connectivity index (χ3v) is 6.01. The lowest BCUT2D eigenvalue weighted by molar-refractivity contribution is 0.285. The van der Waals surface area contributed by atoms with Crippen molar-refractivity contribution in [2.75, 3.05) is 0 Å². The minimum Gasteiger partial charge on any atom is -0.486 e. The van der Waals surface area contributed by atoms with Gasteiger partial charge >= 0.3 is 0 Å². The van der Waals surface area contributed by atoms with E-state index in [1.54, 1.807) is 6.07 Å². The van der Waals surface area contributed by atoms with Crippen LogP contribution in [-0.2, 0) is 18.9 Å². The first-order valence-corrected chi connectivity index (χ1v) is 11.8.